The molecular weight excluding hydrogens is 741 g/mol. The molecule has 0 atom stereocenters. The highest BCUT2D eigenvalue weighted by molar-refractivity contribution is 6.09. The van der Waals surface area contributed by atoms with Gasteiger partial charge in [-0.3, -0.25) is 0 Å². The summed E-state index contributed by atoms with van der Waals surface area (Å²) >= 11 is 0. The zero-order chi connectivity index (χ0) is 41.0. The quantitative estimate of drug-likeness (QED) is 0.178. The molecule has 0 saturated carbocycles. The fraction of sp³-hybridized carbons (Fsp3) is 0.0877. The third-order valence-corrected chi connectivity index (χ3v) is 13.1. The van der Waals surface area contributed by atoms with Gasteiger partial charge in [-0.1, -0.05) is 151 Å². The van der Waals surface area contributed by atoms with Gasteiger partial charge in [-0.25, -0.2) is 9.97 Å². The van der Waals surface area contributed by atoms with Crippen LogP contribution in [-0.4, -0.2) is 14.5 Å². The van der Waals surface area contributed by atoms with Crippen molar-refractivity contribution in [2.75, 3.05) is 4.90 Å². The van der Waals surface area contributed by atoms with Gasteiger partial charge in [-0.15, -0.1) is 0 Å². The molecule has 4 nitrogen and oxygen atoms in total. The van der Waals surface area contributed by atoms with Crippen LogP contribution in [0.3, 0.4) is 0 Å². The zero-order valence-corrected chi connectivity index (χ0v) is 34.6. The van der Waals surface area contributed by atoms with Crippen molar-refractivity contribution in [2.24, 2.45) is 0 Å². The second kappa shape index (κ2) is 13.2. The molecule has 0 radical (unpaired) electrons. The van der Waals surface area contributed by atoms with Gasteiger partial charge in [0.1, 0.15) is 5.82 Å². The molecule has 1 spiro atoms. The van der Waals surface area contributed by atoms with Crippen LogP contribution in [0.2, 0.25) is 0 Å². The average Bonchev–Trinajstić information content (AvgIpc) is 3.79. The number of aromatic nitrogens is 3. The smallest absolute Gasteiger partial charge is 0.126 e. The molecule has 2 aromatic heterocycles. The van der Waals surface area contributed by atoms with E-state index in [0.29, 0.717) is 0 Å². The van der Waals surface area contributed by atoms with Gasteiger partial charge in [0.05, 0.1) is 39.2 Å². The van der Waals surface area contributed by atoms with Gasteiger partial charge in [0.25, 0.3) is 0 Å². The number of hydrogen-bond acceptors (Lipinski definition) is 3. The van der Waals surface area contributed by atoms with Crippen LogP contribution in [0, 0.1) is 27.7 Å². The van der Waals surface area contributed by atoms with Gasteiger partial charge in [-0.05, 0) is 104 Å². The number of anilines is 3. The van der Waals surface area contributed by atoms with E-state index in [4.69, 9.17) is 9.97 Å². The van der Waals surface area contributed by atoms with Gasteiger partial charge in [0, 0.05) is 38.8 Å². The Kier molecular flexibility index (Phi) is 7.67. The molecule has 0 bridgehead atoms. The Bertz CT molecular complexity index is 3270. The van der Waals surface area contributed by atoms with Crippen LogP contribution in [0.1, 0.15) is 44.8 Å². The summed E-state index contributed by atoms with van der Waals surface area (Å²) in [6, 6.07) is 67.3. The molecule has 0 N–H and O–H groups in total. The first-order valence-electron chi connectivity index (χ1n) is 21.2. The van der Waals surface area contributed by atoms with Crippen LogP contribution in [-0.2, 0) is 5.41 Å². The van der Waals surface area contributed by atoms with Crippen molar-refractivity contribution >= 4 is 38.9 Å². The molecule has 0 amide bonds. The summed E-state index contributed by atoms with van der Waals surface area (Å²) in [7, 11) is 0. The Morgan fingerprint density at radius 3 is 1.49 bits per heavy atom. The zero-order valence-electron chi connectivity index (χ0n) is 34.6. The van der Waals surface area contributed by atoms with Crippen LogP contribution in [0.25, 0.3) is 61.1 Å². The van der Waals surface area contributed by atoms with Gasteiger partial charge >= 0.3 is 0 Å². The number of benzene rings is 8. The molecule has 0 unspecified atom stereocenters. The van der Waals surface area contributed by atoms with E-state index in [-0.39, 0.29) is 0 Å². The minimum Gasteiger partial charge on any atom is -0.310 e. The molecule has 1 aliphatic heterocycles. The molecule has 3 heterocycles. The largest absolute Gasteiger partial charge is 0.310 e. The van der Waals surface area contributed by atoms with Crippen molar-refractivity contribution in [3.05, 3.63) is 227 Å². The molecule has 0 saturated heterocycles. The molecule has 4 heteroatoms. The number of nitrogens with zero attached hydrogens (tertiary/aromatic N) is 4. The minimum absolute atomic E-state index is 0.509. The van der Waals surface area contributed by atoms with Crippen molar-refractivity contribution in [3.63, 3.8) is 0 Å². The van der Waals surface area contributed by atoms with E-state index < -0.39 is 5.41 Å². The number of para-hydroxylation sites is 2. The van der Waals surface area contributed by atoms with E-state index in [1.807, 2.05) is 6.92 Å². The third kappa shape index (κ3) is 5.06. The van der Waals surface area contributed by atoms with Gasteiger partial charge in [-0.2, -0.15) is 0 Å². The lowest BCUT2D eigenvalue weighted by Crippen LogP contribution is -2.36. The van der Waals surface area contributed by atoms with Crippen molar-refractivity contribution in [1.29, 1.82) is 0 Å². The predicted octanol–water partition coefficient (Wildman–Crippen LogP) is 14.3. The highest BCUT2D eigenvalue weighted by Crippen LogP contribution is 2.63. The standard InChI is InChI=1S/C57H42N4/c1-35-26-28-53-49(30-35)57(47-22-12-8-18-43(47)44-19-9-13-23-48(44)57)50-31-36(2)27-29-54(50)61(53)42-33-40(56-37(3)55(58-38(4)59-56)39-16-6-5-7-17-39)32-41(34-42)60-51-24-14-10-20-45(51)46-21-11-15-25-52(46)60/h5-34H,1-4H3. The summed E-state index contributed by atoms with van der Waals surface area (Å²) in [6.45, 7) is 8.62. The maximum atomic E-state index is 5.24. The van der Waals surface area contributed by atoms with Crippen LogP contribution >= 0.6 is 0 Å². The third-order valence-electron chi connectivity index (χ3n) is 13.1. The maximum Gasteiger partial charge on any atom is 0.126 e. The highest BCUT2D eigenvalue weighted by Gasteiger charge is 2.51. The average molecular weight is 783 g/mol. The lowest BCUT2D eigenvalue weighted by molar-refractivity contribution is 0.750. The molecule has 12 rings (SSSR count). The summed E-state index contributed by atoms with van der Waals surface area (Å²) in [5, 5.41) is 2.45. The lowest BCUT2D eigenvalue weighted by atomic mass is 9.64. The molecule has 290 valence electrons. The minimum atomic E-state index is -0.509. The van der Waals surface area contributed by atoms with Crippen molar-refractivity contribution < 1.29 is 0 Å². The van der Waals surface area contributed by atoms with Crippen molar-refractivity contribution in [1.82, 2.24) is 14.5 Å². The van der Waals surface area contributed by atoms with E-state index >= 15 is 0 Å². The topological polar surface area (TPSA) is 34.0 Å². The molecule has 61 heavy (non-hydrogen) atoms. The molecule has 8 aromatic carbocycles. The van der Waals surface area contributed by atoms with Crippen molar-refractivity contribution in [3.8, 4) is 39.3 Å². The first-order chi connectivity index (χ1) is 29.9. The Morgan fingerprint density at radius 2 is 0.902 bits per heavy atom. The van der Waals surface area contributed by atoms with E-state index in [0.717, 1.165) is 56.3 Å². The second-order valence-corrected chi connectivity index (χ2v) is 16.8. The Labute approximate surface area is 356 Å². The highest BCUT2D eigenvalue weighted by atomic mass is 15.2. The molecule has 10 aromatic rings. The maximum absolute atomic E-state index is 5.24. The van der Waals surface area contributed by atoms with Gasteiger partial charge < -0.3 is 9.47 Å². The first kappa shape index (κ1) is 35.4. The summed E-state index contributed by atoms with van der Waals surface area (Å²) in [6.07, 6.45) is 0. The Morgan fingerprint density at radius 1 is 0.410 bits per heavy atom. The molecule has 0 fully saturated rings. The van der Waals surface area contributed by atoms with Crippen LogP contribution in [0.4, 0.5) is 17.1 Å². The number of hydrogen-bond donors (Lipinski definition) is 0. The monoisotopic (exact) mass is 782 g/mol. The Balaban J connectivity index is 1.19. The summed E-state index contributed by atoms with van der Waals surface area (Å²) < 4.78 is 2.43. The lowest BCUT2D eigenvalue weighted by Gasteiger charge is -2.45. The van der Waals surface area contributed by atoms with E-state index in [1.165, 1.54) is 66.7 Å². The predicted molar refractivity (Wildman–Crippen MR) is 252 cm³/mol. The summed E-state index contributed by atoms with van der Waals surface area (Å²) in [4.78, 5) is 12.8. The SMILES string of the molecule is Cc1ccc2c(c1)C1(c3ccccc3-c3ccccc31)c1cc(C)ccc1N2c1cc(-c2nc(C)nc(-c3ccccc3)c2C)cc(-n2c3ccccc3c3ccccc32)c1. The second-order valence-electron chi connectivity index (χ2n) is 16.8. The number of rotatable bonds is 4. The Hall–Kier alpha value is -7.56. The van der Waals surface area contributed by atoms with E-state index in [1.54, 1.807) is 0 Å². The number of aryl methyl sites for hydroxylation is 3. The van der Waals surface area contributed by atoms with Crippen molar-refractivity contribution in [2.45, 2.75) is 33.1 Å². The van der Waals surface area contributed by atoms with E-state index in [2.05, 4.69) is 212 Å². The summed E-state index contributed by atoms with van der Waals surface area (Å²) in [5.41, 5.74) is 21.6. The number of fused-ring (bicyclic) bond motifs is 12. The van der Waals surface area contributed by atoms with Crippen LogP contribution in [0.15, 0.2) is 182 Å². The van der Waals surface area contributed by atoms with Gasteiger partial charge in [0.15, 0.2) is 0 Å². The van der Waals surface area contributed by atoms with Crippen LogP contribution in [0.5, 0.6) is 0 Å². The molecular formula is C57H42N4. The van der Waals surface area contributed by atoms with E-state index in [9.17, 15) is 0 Å². The molecule has 2 aliphatic rings. The normalized spacial score (nSPS) is 13.3. The summed E-state index contributed by atoms with van der Waals surface area (Å²) in [5.74, 6) is 0.739. The van der Waals surface area contributed by atoms with Crippen LogP contribution < -0.4 is 4.90 Å². The fourth-order valence-corrected chi connectivity index (χ4v) is 10.6. The fourth-order valence-electron chi connectivity index (χ4n) is 10.6. The molecule has 1 aliphatic carbocycles. The van der Waals surface area contributed by atoms with Gasteiger partial charge in [0.2, 0.25) is 0 Å². The first-order valence-corrected chi connectivity index (χ1v) is 21.2.